The topological polar surface area (TPSA) is 83.3 Å². The maximum absolute atomic E-state index is 12.3. The van der Waals surface area contributed by atoms with Gasteiger partial charge in [-0.1, -0.05) is 18.2 Å². The molecule has 1 atom stereocenters. The number of nitrogens with zero attached hydrogens (tertiary/aromatic N) is 3. The molecule has 0 bridgehead atoms. The zero-order chi connectivity index (χ0) is 17.8. The fourth-order valence-electron chi connectivity index (χ4n) is 2.76. The molecule has 0 amide bonds. The number of methoxy groups -OCH3 is 2. The first-order valence-corrected chi connectivity index (χ1v) is 7.68. The molecule has 0 aliphatic heterocycles. The van der Waals surface area contributed by atoms with Crippen LogP contribution in [0.15, 0.2) is 48.8 Å². The molecule has 128 valence electrons. The van der Waals surface area contributed by atoms with Crippen molar-refractivity contribution in [3.05, 3.63) is 54.5 Å². The quantitative estimate of drug-likeness (QED) is 0.663. The van der Waals surface area contributed by atoms with Crippen LogP contribution in [-0.4, -0.2) is 40.7 Å². The monoisotopic (exact) mass is 339 g/mol. The number of hydrogen-bond acceptors (Lipinski definition) is 6. The first-order valence-electron chi connectivity index (χ1n) is 7.68. The summed E-state index contributed by atoms with van der Waals surface area (Å²) in [5.74, 6) is -1.43. The number of rotatable bonds is 5. The van der Waals surface area contributed by atoms with E-state index in [2.05, 4.69) is 9.97 Å². The molecule has 7 nitrogen and oxygen atoms in total. The molecule has 2 heterocycles. The molecule has 0 aliphatic rings. The van der Waals surface area contributed by atoms with Crippen molar-refractivity contribution >= 4 is 22.8 Å². The second kappa shape index (κ2) is 7.12. The van der Waals surface area contributed by atoms with Gasteiger partial charge < -0.3 is 9.47 Å². The van der Waals surface area contributed by atoms with Crippen LogP contribution in [-0.2, 0) is 19.1 Å². The second-order valence-corrected chi connectivity index (χ2v) is 5.37. The van der Waals surface area contributed by atoms with Gasteiger partial charge in [-0.25, -0.2) is 9.97 Å². The fourth-order valence-corrected chi connectivity index (χ4v) is 2.76. The van der Waals surface area contributed by atoms with E-state index in [0.29, 0.717) is 11.6 Å². The van der Waals surface area contributed by atoms with E-state index in [9.17, 15) is 9.59 Å². The molecule has 7 heteroatoms. The number of para-hydroxylation sites is 1. The number of carbonyl (C=O) groups is 2. The zero-order valence-corrected chi connectivity index (χ0v) is 13.9. The summed E-state index contributed by atoms with van der Waals surface area (Å²) < 4.78 is 11.4. The molecule has 0 unspecified atom stereocenters. The second-order valence-electron chi connectivity index (χ2n) is 5.37. The molecule has 0 spiro atoms. The third kappa shape index (κ3) is 3.21. The Morgan fingerprint density at radius 2 is 1.80 bits per heavy atom. The van der Waals surface area contributed by atoms with Crippen molar-refractivity contribution < 1.29 is 19.1 Å². The van der Waals surface area contributed by atoms with E-state index >= 15 is 0 Å². The largest absolute Gasteiger partial charge is 0.469 e. The van der Waals surface area contributed by atoms with Crippen molar-refractivity contribution in [1.29, 1.82) is 0 Å². The van der Waals surface area contributed by atoms with E-state index in [-0.39, 0.29) is 6.42 Å². The molecule has 0 radical (unpaired) electrons. The molecular formula is C18H17N3O4. The Bertz CT molecular complexity index is 905. The summed E-state index contributed by atoms with van der Waals surface area (Å²) in [6, 6.07) is 11.2. The van der Waals surface area contributed by atoms with Crippen LogP contribution in [0.1, 0.15) is 18.0 Å². The van der Waals surface area contributed by atoms with E-state index in [0.717, 1.165) is 10.9 Å². The van der Waals surface area contributed by atoms with E-state index in [1.54, 1.807) is 23.0 Å². The van der Waals surface area contributed by atoms with E-state index in [1.807, 2.05) is 30.3 Å². The van der Waals surface area contributed by atoms with Gasteiger partial charge in [0.1, 0.15) is 5.92 Å². The van der Waals surface area contributed by atoms with Gasteiger partial charge in [0.15, 0.2) is 0 Å². The highest BCUT2D eigenvalue weighted by Gasteiger charge is 2.30. The Labute approximate surface area is 144 Å². The number of hydrogen-bond donors (Lipinski definition) is 0. The molecule has 0 aliphatic carbocycles. The molecule has 25 heavy (non-hydrogen) atoms. The molecule has 0 fully saturated rings. The SMILES string of the molecule is COC(=O)C[C@@H](C(=O)OC)c1cc2ccccc2n1-c1ncccn1. The van der Waals surface area contributed by atoms with Crippen LogP contribution in [0.25, 0.3) is 16.9 Å². The fraction of sp³-hybridized carbons (Fsp3) is 0.222. The molecule has 3 aromatic rings. The van der Waals surface area contributed by atoms with Gasteiger partial charge >= 0.3 is 11.9 Å². The highest BCUT2D eigenvalue weighted by molar-refractivity contribution is 5.89. The lowest BCUT2D eigenvalue weighted by molar-refractivity contribution is -0.149. The normalized spacial score (nSPS) is 11.9. The Morgan fingerprint density at radius 1 is 1.08 bits per heavy atom. The maximum atomic E-state index is 12.3. The molecule has 1 aromatic carbocycles. The molecule has 3 rings (SSSR count). The molecule has 0 saturated heterocycles. The van der Waals surface area contributed by atoms with Crippen LogP contribution in [0.2, 0.25) is 0 Å². The summed E-state index contributed by atoms with van der Waals surface area (Å²) in [7, 11) is 2.57. The third-order valence-corrected chi connectivity index (χ3v) is 3.93. The van der Waals surface area contributed by atoms with Crippen molar-refractivity contribution in [1.82, 2.24) is 14.5 Å². The number of esters is 2. The van der Waals surface area contributed by atoms with Gasteiger partial charge in [0.25, 0.3) is 0 Å². The van der Waals surface area contributed by atoms with Crippen LogP contribution >= 0.6 is 0 Å². The van der Waals surface area contributed by atoms with Crippen LogP contribution in [0.3, 0.4) is 0 Å². The Morgan fingerprint density at radius 3 is 2.48 bits per heavy atom. The average molecular weight is 339 g/mol. The third-order valence-electron chi connectivity index (χ3n) is 3.93. The lowest BCUT2D eigenvalue weighted by Crippen LogP contribution is -2.21. The lowest BCUT2D eigenvalue weighted by atomic mass is 10.0. The van der Waals surface area contributed by atoms with Crippen molar-refractivity contribution in [2.45, 2.75) is 12.3 Å². The van der Waals surface area contributed by atoms with Crippen molar-refractivity contribution in [3.8, 4) is 5.95 Å². The summed E-state index contributed by atoms with van der Waals surface area (Å²) in [6.45, 7) is 0. The van der Waals surface area contributed by atoms with E-state index in [1.165, 1.54) is 14.2 Å². The van der Waals surface area contributed by atoms with Gasteiger partial charge in [0.05, 0.1) is 26.2 Å². The van der Waals surface area contributed by atoms with Gasteiger partial charge in [-0.3, -0.25) is 14.2 Å². The standard InChI is InChI=1S/C18H17N3O4/c1-24-16(22)11-13(17(23)25-2)15-10-12-6-3-4-7-14(12)21(15)18-19-8-5-9-20-18/h3-10,13H,11H2,1-2H3/t13-/m1/s1. The first-order chi connectivity index (χ1) is 12.2. The number of carbonyl (C=O) groups excluding carboxylic acids is 2. The Balaban J connectivity index is 2.22. The van der Waals surface area contributed by atoms with Crippen molar-refractivity contribution in [3.63, 3.8) is 0 Å². The minimum Gasteiger partial charge on any atom is -0.469 e. The van der Waals surface area contributed by atoms with Crippen molar-refractivity contribution in [2.75, 3.05) is 14.2 Å². The zero-order valence-electron chi connectivity index (χ0n) is 13.9. The van der Waals surface area contributed by atoms with Crippen LogP contribution in [0.5, 0.6) is 0 Å². The van der Waals surface area contributed by atoms with Gasteiger partial charge in [0.2, 0.25) is 5.95 Å². The lowest BCUT2D eigenvalue weighted by Gasteiger charge is -2.16. The predicted octanol–water partition coefficient (Wildman–Crippen LogP) is 2.24. The number of benzene rings is 1. The Hall–Kier alpha value is -3.22. The molecular weight excluding hydrogens is 322 g/mol. The smallest absolute Gasteiger partial charge is 0.315 e. The van der Waals surface area contributed by atoms with Crippen LogP contribution < -0.4 is 0 Å². The van der Waals surface area contributed by atoms with Crippen LogP contribution in [0.4, 0.5) is 0 Å². The summed E-state index contributed by atoms with van der Waals surface area (Å²) >= 11 is 0. The highest BCUT2D eigenvalue weighted by atomic mass is 16.5. The maximum Gasteiger partial charge on any atom is 0.315 e. The van der Waals surface area contributed by atoms with Gasteiger partial charge in [-0.2, -0.15) is 0 Å². The number of fused-ring (bicyclic) bond motifs is 1. The van der Waals surface area contributed by atoms with Crippen molar-refractivity contribution in [2.24, 2.45) is 0 Å². The van der Waals surface area contributed by atoms with Gasteiger partial charge in [-0.15, -0.1) is 0 Å². The predicted molar refractivity (Wildman–Crippen MR) is 90.3 cm³/mol. The van der Waals surface area contributed by atoms with E-state index in [4.69, 9.17) is 9.47 Å². The molecule has 0 saturated carbocycles. The minimum atomic E-state index is -0.825. The Kier molecular flexibility index (Phi) is 4.74. The summed E-state index contributed by atoms with van der Waals surface area (Å²) in [6.07, 6.45) is 3.11. The molecule has 2 aromatic heterocycles. The number of aromatic nitrogens is 3. The molecule has 0 N–H and O–H groups in total. The van der Waals surface area contributed by atoms with Crippen LogP contribution in [0, 0.1) is 0 Å². The van der Waals surface area contributed by atoms with Gasteiger partial charge in [-0.05, 0) is 18.2 Å². The number of ether oxygens (including phenoxy) is 2. The minimum absolute atomic E-state index is 0.133. The van der Waals surface area contributed by atoms with Gasteiger partial charge in [0, 0.05) is 23.5 Å². The first kappa shape index (κ1) is 16.6. The summed E-state index contributed by atoms with van der Waals surface area (Å²) in [5.41, 5.74) is 1.41. The van der Waals surface area contributed by atoms with E-state index < -0.39 is 17.9 Å². The average Bonchev–Trinajstić information content (AvgIpc) is 3.05. The summed E-state index contributed by atoms with van der Waals surface area (Å²) in [4.78, 5) is 32.7. The highest BCUT2D eigenvalue weighted by Crippen LogP contribution is 2.30. The summed E-state index contributed by atoms with van der Waals surface area (Å²) in [5, 5.41) is 0.906.